The van der Waals surface area contributed by atoms with Gasteiger partial charge < -0.3 is 5.32 Å². The first-order valence-electron chi connectivity index (χ1n) is 5.03. The van der Waals surface area contributed by atoms with Crippen molar-refractivity contribution in [3.8, 4) is 0 Å². The molecule has 2 aromatic heterocycles. The molecule has 0 amide bonds. The highest BCUT2D eigenvalue weighted by molar-refractivity contribution is 5.22. The molecule has 5 nitrogen and oxygen atoms in total. The van der Waals surface area contributed by atoms with E-state index in [4.69, 9.17) is 0 Å². The van der Waals surface area contributed by atoms with E-state index in [1.165, 1.54) is 6.33 Å². The highest BCUT2D eigenvalue weighted by Crippen LogP contribution is 2.17. The number of hydrogen-bond acceptors (Lipinski definition) is 5. The van der Waals surface area contributed by atoms with Gasteiger partial charge in [-0.2, -0.15) is 0 Å². The molecule has 0 saturated carbocycles. The van der Waals surface area contributed by atoms with Crippen molar-refractivity contribution >= 4 is 0 Å². The van der Waals surface area contributed by atoms with E-state index in [2.05, 4.69) is 25.3 Å². The average molecular weight is 215 g/mol. The van der Waals surface area contributed by atoms with Gasteiger partial charge in [0.1, 0.15) is 12.2 Å². The Balaban J connectivity index is 2.37. The van der Waals surface area contributed by atoms with E-state index in [1.54, 1.807) is 18.6 Å². The molecule has 0 aliphatic rings. The van der Waals surface area contributed by atoms with Crippen molar-refractivity contribution < 1.29 is 0 Å². The van der Waals surface area contributed by atoms with Gasteiger partial charge in [0.25, 0.3) is 0 Å². The molecule has 0 bridgehead atoms. The van der Waals surface area contributed by atoms with Crippen LogP contribution in [0.1, 0.15) is 23.1 Å². The second-order valence-corrected chi connectivity index (χ2v) is 3.42. The Morgan fingerprint density at radius 2 is 2.00 bits per heavy atom. The number of aryl methyl sites for hydroxylation is 1. The maximum atomic E-state index is 4.39. The molecular weight excluding hydrogens is 202 g/mol. The molecule has 2 heterocycles. The molecule has 1 atom stereocenters. The van der Waals surface area contributed by atoms with Crippen molar-refractivity contribution in [2.24, 2.45) is 0 Å². The lowest BCUT2D eigenvalue weighted by atomic mass is 10.1. The Labute approximate surface area is 94.0 Å². The van der Waals surface area contributed by atoms with Crippen LogP contribution in [0.4, 0.5) is 0 Å². The number of aromatic nitrogens is 4. The first-order valence-corrected chi connectivity index (χ1v) is 5.03. The SMILES string of the molecule is CNC(c1cncnc1)c1ccnc(C)n1. The molecular formula is C11H13N5. The van der Waals surface area contributed by atoms with Crippen molar-refractivity contribution in [1.82, 2.24) is 25.3 Å². The molecule has 16 heavy (non-hydrogen) atoms. The predicted molar refractivity (Wildman–Crippen MR) is 59.7 cm³/mol. The van der Waals surface area contributed by atoms with Crippen LogP contribution in [0.2, 0.25) is 0 Å². The maximum Gasteiger partial charge on any atom is 0.125 e. The predicted octanol–water partition coefficient (Wildman–Crippen LogP) is 0.884. The highest BCUT2D eigenvalue weighted by atomic mass is 15.0. The molecule has 0 saturated heterocycles. The largest absolute Gasteiger partial charge is 0.308 e. The maximum absolute atomic E-state index is 4.39. The summed E-state index contributed by atoms with van der Waals surface area (Å²) in [6.07, 6.45) is 6.84. The van der Waals surface area contributed by atoms with Crippen LogP contribution in [-0.4, -0.2) is 27.0 Å². The zero-order chi connectivity index (χ0) is 11.4. The average Bonchev–Trinajstić information content (AvgIpc) is 2.31. The van der Waals surface area contributed by atoms with Gasteiger partial charge in [-0.3, -0.25) is 0 Å². The Kier molecular flexibility index (Phi) is 3.16. The van der Waals surface area contributed by atoms with Gasteiger partial charge in [-0.15, -0.1) is 0 Å². The lowest BCUT2D eigenvalue weighted by molar-refractivity contribution is 0.658. The van der Waals surface area contributed by atoms with Gasteiger partial charge in [0, 0.05) is 24.2 Å². The molecule has 0 aromatic carbocycles. The minimum atomic E-state index is 0.00269. The molecule has 0 spiro atoms. The second-order valence-electron chi connectivity index (χ2n) is 3.42. The summed E-state index contributed by atoms with van der Waals surface area (Å²) in [5.74, 6) is 0.759. The number of nitrogens with zero attached hydrogens (tertiary/aromatic N) is 4. The summed E-state index contributed by atoms with van der Waals surface area (Å²) in [5, 5.41) is 3.19. The molecule has 0 radical (unpaired) electrons. The van der Waals surface area contributed by atoms with E-state index >= 15 is 0 Å². The second kappa shape index (κ2) is 4.76. The van der Waals surface area contributed by atoms with Gasteiger partial charge in [0.05, 0.1) is 11.7 Å². The van der Waals surface area contributed by atoms with Gasteiger partial charge >= 0.3 is 0 Å². The van der Waals surface area contributed by atoms with Crippen molar-refractivity contribution in [3.63, 3.8) is 0 Å². The molecule has 1 N–H and O–H groups in total. The first-order chi connectivity index (χ1) is 7.81. The standard InChI is InChI=1S/C11H13N5/c1-8-15-4-3-10(16-8)11(12-2)9-5-13-7-14-6-9/h3-7,11-12H,1-2H3. The third-order valence-corrected chi connectivity index (χ3v) is 2.30. The topological polar surface area (TPSA) is 63.6 Å². The van der Waals surface area contributed by atoms with E-state index in [0.29, 0.717) is 0 Å². The molecule has 82 valence electrons. The fourth-order valence-corrected chi connectivity index (χ4v) is 1.58. The van der Waals surface area contributed by atoms with Gasteiger partial charge in [0.15, 0.2) is 0 Å². The third-order valence-electron chi connectivity index (χ3n) is 2.30. The number of hydrogen-bond donors (Lipinski definition) is 1. The number of nitrogens with one attached hydrogen (secondary N) is 1. The molecule has 1 unspecified atom stereocenters. The van der Waals surface area contributed by atoms with Crippen LogP contribution < -0.4 is 5.32 Å². The smallest absolute Gasteiger partial charge is 0.125 e. The minimum absolute atomic E-state index is 0.00269. The Bertz CT molecular complexity index is 457. The number of rotatable bonds is 3. The van der Waals surface area contributed by atoms with Crippen LogP contribution in [0.15, 0.2) is 31.0 Å². The molecule has 0 aliphatic heterocycles. The van der Waals surface area contributed by atoms with Gasteiger partial charge in [-0.1, -0.05) is 0 Å². The van der Waals surface area contributed by atoms with Crippen molar-refractivity contribution in [2.45, 2.75) is 13.0 Å². The van der Waals surface area contributed by atoms with Crippen molar-refractivity contribution in [2.75, 3.05) is 7.05 Å². The molecule has 2 aromatic rings. The van der Waals surface area contributed by atoms with Gasteiger partial charge in [0.2, 0.25) is 0 Å². The molecule has 0 fully saturated rings. The summed E-state index contributed by atoms with van der Waals surface area (Å²) in [7, 11) is 1.88. The van der Waals surface area contributed by atoms with Gasteiger partial charge in [-0.25, -0.2) is 19.9 Å². The molecule has 5 heteroatoms. The zero-order valence-electron chi connectivity index (χ0n) is 9.25. The van der Waals surface area contributed by atoms with Crippen LogP contribution in [0.5, 0.6) is 0 Å². The van der Waals surface area contributed by atoms with E-state index in [-0.39, 0.29) is 6.04 Å². The van der Waals surface area contributed by atoms with Crippen molar-refractivity contribution in [1.29, 1.82) is 0 Å². The summed E-state index contributed by atoms with van der Waals surface area (Å²) in [6.45, 7) is 1.87. The van der Waals surface area contributed by atoms with Crippen LogP contribution in [0, 0.1) is 6.92 Å². The Morgan fingerprint density at radius 3 is 2.62 bits per heavy atom. The molecule has 0 aliphatic carbocycles. The summed E-state index contributed by atoms with van der Waals surface area (Å²) < 4.78 is 0. The molecule has 2 rings (SSSR count). The van der Waals surface area contributed by atoms with Crippen LogP contribution in [0.3, 0.4) is 0 Å². The monoisotopic (exact) mass is 215 g/mol. The summed E-state index contributed by atoms with van der Waals surface area (Å²) >= 11 is 0. The van der Waals surface area contributed by atoms with Crippen LogP contribution in [-0.2, 0) is 0 Å². The zero-order valence-corrected chi connectivity index (χ0v) is 9.25. The van der Waals surface area contributed by atoms with Gasteiger partial charge in [-0.05, 0) is 20.0 Å². The normalized spacial score (nSPS) is 12.4. The fourth-order valence-electron chi connectivity index (χ4n) is 1.58. The van der Waals surface area contributed by atoms with Crippen LogP contribution in [0.25, 0.3) is 0 Å². The summed E-state index contributed by atoms with van der Waals surface area (Å²) in [4.78, 5) is 16.5. The van der Waals surface area contributed by atoms with E-state index in [9.17, 15) is 0 Å². The Morgan fingerprint density at radius 1 is 1.25 bits per heavy atom. The summed E-state index contributed by atoms with van der Waals surface area (Å²) in [6, 6.07) is 1.89. The van der Waals surface area contributed by atoms with Crippen molar-refractivity contribution in [3.05, 3.63) is 48.1 Å². The third kappa shape index (κ3) is 2.20. The lowest BCUT2D eigenvalue weighted by Gasteiger charge is -2.15. The van der Waals surface area contributed by atoms with E-state index in [1.807, 2.05) is 20.0 Å². The van der Waals surface area contributed by atoms with Crippen LogP contribution >= 0.6 is 0 Å². The Hall–Kier alpha value is -1.88. The fraction of sp³-hybridized carbons (Fsp3) is 0.273. The highest BCUT2D eigenvalue weighted by Gasteiger charge is 2.13. The minimum Gasteiger partial charge on any atom is -0.308 e. The first kappa shape index (κ1) is 10.6. The lowest BCUT2D eigenvalue weighted by Crippen LogP contribution is -2.19. The van der Waals surface area contributed by atoms with E-state index in [0.717, 1.165) is 17.1 Å². The summed E-state index contributed by atoms with van der Waals surface area (Å²) in [5.41, 5.74) is 1.91. The van der Waals surface area contributed by atoms with E-state index < -0.39 is 0 Å². The quantitative estimate of drug-likeness (QED) is 0.823.